The zero-order valence-corrected chi connectivity index (χ0v) is 15.6. The summed E-state index contributed by atoms with van der Waals surface area (Å²) in [6, 6.07) is 16.5. The fourth-order valence-electron chi connectivity index (χ4n) is 2.79. The minimum Gasteiger partial charge on any atom is -0.396 e. The van der Waals surface area contributed by atoms with Crippen molar-refractivity contribution >= 4 is 40.8 Å². The summed E-state index contributed by atoms with van der Waals surface area (Å²) in [4.78, 5) is 27.4. The summed E-state index contributed by atoms with van der Waals surface area (Å²) in [5.41, 5.74) is 2.15. The molecule has 6 heteroatoms. The fraction of sp³-hybridized carbons (Fsp3) is 0.200. The third-order valence-electron chi connectivity index (χ3n) is 4.06. The van der Waals surface area contributed by atoms with Crippen LogP contribution in [0.4, 0.5) is 0 Å². The largest absolute Gasteiger partial charge is 0.396 e. The van der Waals surface area contributed by atoms with Crippen molar-refractivity contribution in [3.8, 4) is 0 Å². The second kappa shape index (κ2) is 8.54. The lowest BCUT2D eigenvalue weighted by molar-refractivity contribution is -0.136. The summed E-state index contributed by atoms with van der Waals surface area (Å²) >= 11 is 7.12. The highest BCUT2D eigenvalue weighted by molar-refractivity contribution is 8.04. The van der Waals surface area contributed by atoms with Crippen LogP contribution in [0.5, 0.6) is 0 Å². The smallest absolute Gasteiger partial charge is 0.267 e. The third-order valence-corrected chi connectivity index (χ3v) is 5.37. The van der Waals surface area contributed by atoms with Gasteiger partial charge in [-0.3, -0.25) is 14.5 Å². The molecule has 2 aromatic rings. The highest BCUT2D eigenvalue weighted by Crippen LogP contribution is 2.35. The normalized spacial score (nSPS) is 14.5. The summed E-state index contributed by atoms with van der Waals surface area (Å²) in [6.07, 6.45) is 0.564. The molecule has 2 amide bonds. The molecule has 0 aromatic heterocycles. The number of rotatable bonds is 7. The van der Waals surface area contributed by atoms with Crippen LogP contribution in [0.25, 0.3) is 5.57 Å². The predicted octanol–water partition coefficient (Wildman–Crippen LogP) is 3.39. The first-order chi connectivity index (χ1) is 12.6. The van der Waals surface area contributed by atoms with Crippen molar-refractivity contribution in [2.24, 2.45) is 0 Å². The zero-order chi connectivity index (χ0) is 18.5. The lowest BCUT2D eigenvalue weighted by atomic mass is 10.1. The summed E-state index contributed by atoms with van der Waals surface area (Å²) in [5.74, 6) is -0.202. The van der Waals surface area contributed by atoms with Gasteiger partial charge in [-0.15, -0.1) is 11.8 Å². The number of benzene rings is 2. The number of thioether (sulfide) groups is 1. The maximum absolute atomic E-state index is 12.9. The van der Waals surface area contributed by atoms with Crippen LogP contribution < -0.4 is 0 Å². The molecule has 134 valence electrons. The first-order valence-corrected chi connectivity index (χ1v) is 9.62. The maximum atomic E-state index is 12.9. The van der Waals surface area contributed by atoms with E-state index < -0.39 is 0 Å². The van der Waals surface area contributed by atoms with E-state index in [1.807, 2.05) is 42.5 Å². The fourth-order valence-corrected chi connectivity index (χ4v) is 3.79. The molecular weight excluding hydrogens is 370 g/mol. The van der Waals surface area contributed by atoms with Gasteiger partial charge in [-0.1, -0.05) is 54.1 Å². The first kappa shape index (κ1) is 18.7. The van der Waals surface area contributed by atoms with Crippen LogP contribution in [-0.2, 0) is 16.0 Å². The maximum Gasteiger partial charge on any atom is 0.267 e. The second-order valence-electron chi connectivity index (χ2n) is 5.78. The Morgan fingerprint density at radius 2 is 1.65 bits per heavy atom. The molecule has 1 aliphatic heterocycles. The molecule has 0 spiro atoms. The molecule has 0 saturated heterocycles. The first-order valence-electron chi connectivity index (χ1n) is 8.26. The molecule has 0 aliphatic carbocycles. The number of halogens is 1. The van der Waals surface area contributed by atoms with Gasteiger partial charge in [0.25, 0.3) is 11.8 Å². The molecule has 0 atom stereocenters. The van der Waals surface area contributed by atoms with Gasteiger partial charge < -0.3 is 5.11 Å². The lowest BCUT2D eigenvalue weighted by Crippen LogP contribution is -2.33. The summed E-state index contributed by atoms with van der Waals surface area (Å²) in [7, 11) is 0. The van der Waals surface area contributed by atoms with Crippen LogP contribution in [0.3, 0.4) is 0 Å². The van der Waals surface area contributed by atoms with Crippen molar-refractivity contribution in [2.45, 2.75) is 6.42 Å². The lowest BCUT2D eigenvalue weighted by Gasteiger charge is -2.15. The summed E-state index contributed by atoms with van der Waals surface area (Å²) < 4.78 is 0. The minimum atomic E-state index is -0.290. The summed E-state index contributed by atoms with van der Waals surface area (Å²) in [5, 5.41) is 9.76. The third kappa shape index (κ3) is 4.01. The number of amides is 2. The van der Waals surface area contributed by atoms with Crippen molar-refractivity contribution in [2.75, 3.05) is 18.9 Å². The van der Waals surface area contributed by atoms with Gasteiger partial charge in [-0.2, -0.15) is 0 Å². The molecule has 2 aromatic carbocycles. The van der Waals surface area contributed by atoms with Gasteiger partial charge in [0.15, 0.2) is 0 Å². The molecule has 3 rings (SSSR count). The second-order valence-corrected chi connectivity index (χ2v) is 7.32. The van der Waals surface area contributed by atoms with Crippen LogP contribution in [0.1, 0.15) is 11.1 Å². The van der Waals surface area contributed by atoms with Gasteiger partial charge in [0.2, 0.25) is 0 Å². The SMILES string of the molecule is O=C1C(SCCO)=C(c2ccccc2)C(=O)N1CCc1ccc(Cl)cc1. The quantitative estimate of drug-likeness (QED) is 0.740. The Bertz CT molecular complexity index is 834. The monoisotopic (exact) mass is 387 g/mol. The summed E-state index contributed by atoms with van der Waals surface area (Å²) in [6.45, 7) is 0.251. The zero-order valence-electron chi connectivity index (χ0n) is 14.0. The molecule has 0 radical (unpaired) electrons. The van der Waals surface area contributed by atoms with E-state index in [9.17, 15) is 9.59 Å². The van der Waals surface area contributed by atoms with Gasteiger partial charge in [0.05, 0.1) is 17.1 Å². The van der Waals surface area contributed by atoms with E-state index in [0.29, 0.717) is 34.2 Å². The number of nitrogens with zero attached hydrogens (tertiary/aromatic N) is 1. The van der Waals surface area contributed by atoms with Crippen molar-refractivity contribution < 1.29 is 14.7 Å². The Kier molecular flexibility index (Phi) is 6.14. The van der Waals surface area contributed by atoms with Crippen molar-refractivity contribution in [1.82, 2.24) is 4.90 Å². The van der Waals surface area contributed by atoms with Crippen LogP contribution >= 0.6 is 23.4 Å². The topological polar surface area (TPSA) is 57.6 Å². The Hall–Kier alpha value is -2.08. The molecular formula is C20H18ClNO3S. The number of imide groups is 1. The molecule has 0 bridgehead atoms. The van der Waals surface area contributed by atoms with Crippen LogP contribution in [0.2, 0.25) is 5.02 Å². The minimum absolute atomic E-state index is 0.0531. The van der Waals surface area contributed by atoms with Gasteiger partial charge in [-0.25, -0.2) is 0 Å². The average Bonchev–Trinajstić information content (AvgIpc) is 2.90. The number of carbonyl (C=O) groups excluding carboxylic acids is 2. The Morgan fingerprint density at radius 3 is 2.31 bits per heavy atom. The highest BCUT2D eigenvalue weighted by Gasteiger charge is 2.38. The van der Waals surface area contributed by atoms with Crippen LogP contribution in [-0.4, -0.2) is 40.7 Å². The van der Waals surface area contributed by atoms with Crippen molar-refractivity contribution in [3.63, 3.8) is 0 Å². The standard InChI is InChI=1S/C20H18ClNO3S/c21-16-8-6-14(7-9-16)10-11-22-19(24)17(15-4-2-1-3-5-15)18(20(22)25)26-13-12-23/h1-9,23H,10-13H2. The van der Waals surface area contributed by atoms with E-state index in [0.717, 1.165) is 11.1 Å². The van der Waals surface area contributed by atoms with E-state index in [1.54, 1.807) is 12.1 Å². The van der Waals surface area contributed by atoms with E-state index >= 15 is 0 Å². The van der Waals surface area contributed by atoms with Gasteiger partial charge in [0, 0.05) is 17.3 Å². The Labute approximate surface area is 161 Å². The van der Waals surface area contributed by atoms with Crippen molar-refractivity contribution in [3.05, 3.63) is 75.7 Å². The predicted molar refractivity (Wildman–Crippen MR) is 105 cm³/mol. The molecule has 4 nitrogen and oxygen atoms in total. The van der Waals surface area contributed by atoms with Gasteiger partial charge in [0.1, 0.15) is 0 Å². The van der Waals surface area contributed by atoms with E-state index in [1.165, 1.54) is 16.7 Å². The number of hydrogen-bond acceptors (Lipinski definition) is 4. The van der Waals surface area contributed by atoms with E-state index in [-0.39, 0.29) is 18.4 Å². The van der Waals surface area contributed by atoms with Gasteiger partial charge in [-0.05, 0) is 29.7 Å². The van der Waals surface area contributed by atoms with Crippen LogP contribution in [0.15, 0.2) is 59.5 Å². The Morgan fingerprint density at radius 1 is 0.962 bits per heavy atom. The molecule has 0 saturated carbocycles. The molecule has 0 fully saturated rings. The number of aliphatic hydroxyl groups is 1. The average molecular weight is 388 g/mol. The highest BCUT2D eigenvalue weighted by atomic mass is 35.5. The molecule has 26 heavy (non-hydrogen) atoms. The molecule has 1 heterocycles. The van der Waals surface area contributed by atoms with Gasteiger partial charge >= 0.3 is 0 Å². The number of aliphatic hydroxyl groups excluding tert-OH is 1. The van der Waals surface area contributed by atoms with Crippen molar-refractivity contribution in [1.29, 1.82) is 0 Å². The number of carbonyl (C=O) groups is 2. The molecule has 0 unspecified atom stereocenters. The van der Waals surface area contributed by atoms with E-state index in [2.05, 4.69) is 0 Å². The Balaban J connectivity index is 1.82. The number of hydrogen-bond donors (Lipinski definition) is 1. The molecule has 1 N–H and O–H groups in total. The van der Waals surface area contributed by atoms with E-state index in [4.69, 9.17) is 16.7 Å². The van der Waals surface area contributed by atoms with Crippen LogP contribution in [0, 0.1) is 0 Å². The molecule has 1 aliphatic rings.